The average molecular weight is 424 g/mol. The summed E-state index contributed by atoms with van der Waals surface area (Å²) in [6.07, 6.45) is 2.03. The number of aliphatic imine (C=N–C) groups is 1. The van der Waals surface area contributed by atoms with Crippen LogP contribution in [0.25, 0.3) is 0 Å². The average Bonchev–Trinajstić information content (AvgIpc) is 3.45. The number of imidazole rings is 1. The maximum absolute atomic E-state index is 14.0. The molecule has 31 heavy (non-hydrogen) atoms. The molecule has 2 aliphatic carbocycles. The Bertz CT molecular complexity index is 1120. The highest BCUT2D eigenvalue weighted by atomic mass is 19.1. The van der Waals surface area contributed by atoms with Crippen LogP contribution in [0.5, 0.6) is 0 Å². The number of alkyl halides is 1. The van der Waals surface area contributed by atoms with Crippen molar-refractivity contribution in [3.8, 4) is 0 Å². The Kier molecular flexibility index (Phi) is 4.75. The second-order valence-corrected chi connectivity index (χ2v) is 8.47. The van der Waals surface area contributed by atoms with Gasteiger partial charge in [0.2, 0.25) is 5.91 Å². The van der Waals surface area contributed by atoms with Crippen molar-refractivity contribution in [3.05, 3.63) is 45.9 Å². The number of Topliss-reactive ketones (excluding diaryl/α,β-unsaturated/α-hetero) is 1. The molecule has 1 unspecified atom stereocenters. The molecule has 8 nitrogen and oxygen atoms in total. The lowest BCUT2D eigenvalue weighted by molar-refractivity contribution is -0.122. The second kappa shape index (κ2) is 7.47. The number of amidine groups is 1. The largest absolute Gasteiger partial charge is 0.382 e. The van der Waals surface area contributed by atoms with Gasteiger partial charge in [0, 0.05) is 37.4 Å². The van der Waals surface area contributed by atoms with E-state index in [1.54, 1.807) is 0 Å². The van der Waals surface area contributed by atoms with Gasteiger partial charge >= 0.3 is 0 Å². The number of anilines is 1. The van der Waals surface area contributed by atoms with E-state index in [4.69, 9.17) is 5.73 Å². The van der Waals surface area contributed by atoms with E-state index in [-0.39, 0.29) is 23.4 Å². The SMILES string of the molecule is Cc1cc2c(cc1Cc1nc3c(n1CCNC(=O)C1CC1)NC(F)N=C3N)C(=O)CC2. The third-order valence-electron chi connectivity index (χ3n) is 6.21. The fourth-order valence-corrected chi connectivity index (χ4v) is 4.33. The molecule has 1 amide bonds. The van der Waals surface area contributed by atoms with Crippen LogP contribution in [0.4, 0.5) is 10.2 Å². The van der Waals surface area contributed by atoms with E-state index in [0.29, 0.717) is 43.3 Å². The molecule has 1 aromatic heterocycles. The fraction of sp³-hybridized carbons (Fsp3) is 0.455. The number of ketones is 1. The molecule has 1 saturated carbocycles. The van der Waals surface area contributed by atoms with Gasteiger partial charge in [0.25, 0.3) is 6.42 Å². The van der Waals surface area contributed by atoms with Gasteiger partial charge in [-0.3, -0.25) is 9.59 Å². The van der Waals surface area contributed by atoms with Crippen molar-refractivity contribution in [3.63, 3.8) is 0 Å². The van der Waals surface area contributed by atoms with Crippen molar-refractivity contribution in [1.82, 2.24) is 14.9 Å². The molecule has 0 bridgehead atoms. The minimum Gasteiger partial charge on any atom is -0.382 e. The lowest BCUT2D eigenvalue weighted by Crippen LogP contribution is -2.31. The van der Waals surface area contributed by atoms with Crippen LogP contribution >= 0.6 is 0 Å². The van der Waals surface area contributed by atoms with Crippen molar-refractivity contribution < 1.29 is 14.0 Å². The first-order chi connectivity index (χ1) is 14.9. The van der Waals surface area contributed by atoms with Gasteiger partial charge in [-0.05, 0) is 48.9 Å². The highest BCUT2D eigenvalue weighted by Crippen LogP contribution is 2.30. The zero-order valence-electron chi connectivity index (χ0n) is 17.4. The lowest BCUT2D eigenvalue weighted by atomic mass is 9.98. The Labute approximate surface area is 179 Å². The number of nitrogens with one attached hydrogen (secondary N) is 2. The number of benzene rings is 1. The molecule has 1 fully saturated rings. The van der Waals surface area contributed by atoms with Crippen LogP contribution in [0.3, 0.4) is 0 Å². The van der Waals surface area contributed by atoms with E-state index in [0.717, 1.165) is 41.5 Å². The topological polar surface area (TPSA) is 114 Å². The molecule has 4 N–H and O–H groups in total. The number of nitrogens with two attached hydrogens (primary N) is 1. The van der Waals surface area contributed by atoms with Gasteiger partial charge in [0.15, 0.2) is 11.6 Å². The number of rotatable bonds is 6. The quantitative estimate of drug-likeness (QED) is 0.612. The van der Waals surface area contributed by atoms with Crippen LogP contribution in [-0.2, 0) is 24.2 Å². The second-order valence-electron chi connectivity index (χ2n) is 8.47. The maximum Gasteiger partial charge on any atom is 0.267 e. The third kappa shape index (κ3) is 3.68. The molecule has 5 rings (SSSR count). The minimum absolute atomic E-state index is 0.0455. The van der Waals surface area contributed by atoms with Gasteiger partial charge in [-0.2, -0.15) is 4.39 Å². The number of halogens is 1. The molecule has 1 aromatic carbocycles. The summed E-state index contributed by atoms with van der Waals surface area (Å²) in [4.78, 5) is 32.6. The summed E-state index contributed by atoms with van der Waals surface area (Å²) in [6, 6.07) is 4.03. The molecular weight excluding hydrogens is 399 g/mol. The van der Waals surface area contributed by atoms with Crippen LogP contribution < -0.4 is 16.4 Å². The van der Waals surface area contributed by atoms with Gasteiger partial charge in [0.1, 0.15) is 17.3 Å². The predicted octanol–water partition coefficient (Wildman–Crippen LogP) is 1.82. The Balaban J connectivity index is 1.45. The van der Waals surface area contributed by atoms with Gasteiger partial charge in [-0.15, -0.1) is 0 Å². The van der Waals surface area contributed by atoms with Crippen molar-refractivity contribution in [1.29, 1.82) is 0 Å². The van der Waals surface area contributed by atoms with Crippen LogP contribution in [-0.4, -0.2) is 40.0 Å². The molecule has 0 saturated heterocycles. The first-order valence-electron chi connectivity index (χ1n) is 10.7. The van der Waals surface area contributed by atoms with E-state index in [1.165, 1.54) is 0 Å². The van der Waals surface area contributed by atoms with Gasteiger partial charge in [-0.25, -0.2) is 9.98 Å². The normalized spacial score (nSPS) is 19.5. The summed E-state index contributed by atoms with van der Waals surface area (Å²) in [5.41, 5.74) is 10.3. The summed E-state index contributed by atoms with van der Waals surface area (Å²) in [7, 11) is 0. The molecule has 1 atom stereocenters. The van der Waals surface area contributed by atoms with Gasteiger partial charge < -0.3 is 20.9 Å². The highest BCUT2D eigenvalue weighted by molar-refractivity contribution is 6.02. The van der Waals surface area contributed by atoms with Crippen molar-refractivity contribution >= 4 is 23.3 Å². The molecule has 1 aliphatic heterocycles. The summed E-state index contributed by atoms with van der Waals surface area (Å²) in [6.45, 7) is 2.85. The van der Waals surface area contributed by atoms with Crippen LogP contribution in [0.15, 0.2) is 17.1 Å². The molecule has 2 heterocycles. The number of amides is 1. The van der Waals surface area contributed by atoms with Crippen LogP contribution in [0.1, 0.15) is 57.8 Å². The first kappa shape index (κ1) is 19.7. The Hall–Kier alpha value is -3.23. The number of nitrogens with zero attached hydrogens (tertiary/aromatic N) is 3. The minimum atomic E-state index is -1.64. The highest BCUT2D eigenvalue weighted by Gasteiger charge is 2.30. The van der Waals surface area contributed by atoms with Crippen molar-refractivity contribution in [2.75, 3.05) is 11.9 Å². The van der Waals surface area contributed by atoms with Gasteiger partial charge in [0.05, 0.1) is 0 Å². The predicted molar refractivity (Wildman–Crippen MR) is 114 cm³/mol. The molecule has 2 aromatic rings. The zero-order valence-corrected chi connectivity index (χ0v) is 17.4. The number of hydrogen-bond donors (Lipinski definition) is 3. The van der Waals surface area contributed by atoms with E-state index in [2.05, 4.69) is 26.7 Å². The Morgan fingerprint density at radius 3 is 2.94 bits per heavy atom. The summed E-state index contributed by atoms with van der Waals surface area (Å²) < 4.78 is 15.9. The Morgan fingerprint density at radius 1 is 1.35 bits per heavy atom. The van der Waals surface area contributed by atoms with Crippen molar-refractivity contribution in [2.24, 2.45) is 16.6 Å². The monoisotopic (exact) mass is 424 g/mol. The molecule has 162 valence electrons. The standard InChI is InChI=1S/C22H25FN6O2/c1-11-8-13-4-5-16(30)15(13)9-14(11)10-17-26-18-19(24)27-22(23)28-20(18)29(17)7-6-25-21(31)12-2-3-12/h8-9,12,22,28H,2-7,10H2,1H3,(H2,24,27)(H,25,31). The number of aromatic nitrogens is 2. The van der Waals surface area contributed by atoms with E-state index < -0.39 is 6.42 Å². The summed E-state index contributed by atoms with van der Waals surface area (Å²) in [5.74, 6) is 1.54. The number of fused-ring (bicyclic) bond motifs is 2. The molecule has 9 heteroatoms. The maximum atomic E-state index is 14.0. The van der Waals surface area contributed by atoms with Crippen LogP contribution in [0, 0.1) is 12.8 Å². The zero-order chi connectivity index (χ0) is 21.7. The molecule has 0 spiro atoms. The van der Waals surface area contributed by atoms with E-state index in [9.17, 15) is 14.0 Å². The van der Waals surface area contributed by atoms with E-state index in [1.807, 2.05) is 17.6 Å². The summed E-state index contributed by atoms with van der Waals surface area (Å²) >= 11 is 0. The van der Waals surface area contributed by atoms with Crippen molar-refractivity contribution in [2.45, 2.75) is 52.0 Å². The lowest BCUT2D eigenvalue weighted by Gasteiger charge is -2.18. The summed E-state index contributed by atoms with van der Waals surface area (Å²) in [5, 5.41) is 5.64. The fourth-order valence-electron chi connectivity index (χ4n) is 4.33. The number of hydrogen-bond acceptors (Lipinski definition) is 6. The van der Waals surface area contributed by atoms with E-state index >= 15 is 0 Å². The molecule has 0 radical (unpaired) electrons. The third-order valence-corrected chi connectivity index (χ3v) is 6.21. The number of aryl methyl sites for hydroxylation is 2. The molecular formula is C22H25FN6O2. The molecule has 3 aliphatic rings. The smallest absolute Gasteiger partial charge is 0.267 e. The van der Waals surface area contributed by atoms with Crippen LogP contribution in [0.2, 0.25) is 0 Å². The first-order valence-corrected chi connectivity index (χ1v) is 10.7. The number of carbonyl (C=O) groups excluding carboxylic acids is 2. The number of carbonyl (C=O) groups is 2. The Morgan fingerprint density at radius 2 is 2.16 bits per heavy atom. The van der Waals surface area contributed by atoms with Gasteiger partial charge in [-0.1, -0.05) is 6.07 Å².